The highest BCUT2D eigenvalue weighted by Gasteiger charge is 2.55. The molecule has 1 atom stereocenters. The van der Waals surface area contributed by atoms with Crippen molar-refractivity contribution in [3.05, 3.63) is 86.9 Å². The standard InChI is InChI=1S/C26H22Cl2N2O6/c1-14-16(23(31)35-3)10-12-21(22(14)34-2)30-20-11-9-15(27)13-18(20)26(24(30)32,29-25(33)36-4)17-7-5-6-8-19(17)28/h5-13H,1-4H3,(H,29,33). The van der Waals surface area contributed by atoms with Crippen molar-refractivity contribution in [2.45, 2.75) is 12.5 Å². The van der Waals surface area contributed by atoms with Crippen LogP contribution >= 0.6 is 23.2 Å². The number of carbonyl (C=O) groups excluding carboxylic acids is 3. The third-order valence-electron chi connectivity index (χ3n) is 6.12. The number of nitrogens with one attached hydrogen (secondary N) is 1. The number of ether oxygens (including phenoxy) is 3. The molecule has 0 spiro atoms. The van der Waals surface area contributed by atoms with Crippen LogP contribution in [0, 0.1) is 6.92 Å². The summed E-state index contributed by atoms with van der Waals surface area (Å²) < 4.78 is 15.4. The Morgan fingerprint density at radius 2 is 1.61 bits per heavy atom. The number of nitrogens with zero attached hydrogens (tertiary/aromatic N) is 1. The van der Waals surface area contributed by atoms with Crippen molar-refractivity contribution in [1.29, 1.82) is 0 Å². The molecule has 1 heterocycles. The van der Waals surface area contributed by atoms with Crippen LogP contribution in [-0.2, 0) is 19.8 Å². The van der Waals surface area contributed by atoms with E-state index in [0.29, 0.717) is 33.1 Å². The van der Waals surface area contributed by atoms with E-state index in [1.165, 1.54) is 26.2 Å². The van der Waals surface area contributed by atoms with E-state index < -0.39 is 23.5 Å². The molecule has 3 aromatic rings. The molecule has 2 amide bonds. The first-order chi connectivity index (χ1) is 17.2. The number of carbonyl (C=O) groups is 3. The van der Waals surface area contributed by atoms with E-state index in [1.54, 1.807) is 61.5 Å². The molecule has 0 saturated heterocycles. The number of amides is 2. The predicted molar refractivity (Wildman–Crippen MR) is 135 cm³/mol. The minimum atomic E-state index is -1.77. The summed E-state index contributed by atoms with van der Waals surface area (Å²) in [5, 5.41) is 3.31. The van der Waals surface area contributed by atoms with Crippen molar-refractivity contribution in [2.24, 2.45) is 0 Å². The van der Waals surface area contributed by atoms with Gasteiger partial charge in [0.15, 0.2) is 5.54 Å². The number of anilines is 2. The molecule has 3 aromatic carbocycles. The number of benzene rings is 3. The van der Waals surface area contributed by atoms with Crippen LogP contribution in [0.1, 0.15) is 27.0 Å². The number of hydrogen-bond acceptors (Lipinski definition) is 6. The van der Waals surface area contributed by atoms with Crippen LogP contribution in [-0.4, -0.2) is 39.3 Å². The molecule has 1 aliphatic heterocycles. The Bertz CT molecular complexity index is 1390. The fourth-order valence-electron chi connectivity index (χ4n) is 4.50. The Labute approximate surface area is 217 Å². The average molecular weight is 529 g/mol. The summed E-state index contributed by atoms with van der Waals surface area (Å²) >= 11 is 12.9. The number of rotatable bonds is 5. The molecule has 0 fully saturated rings. The van der Waals surface area contributed by atoms with Crippen LogP contribution in [0.3, 0.4) is 0 Å². The quantitative estimate of drug-likeness (QED) is 0.447. The van der Waals surface area contributed by atoms with Crippen LogP contribution in [0.2, 0.25) is 10.0 Å². The van der Waals surface area contributed by atoms with Crippen molar-refractivity contribution in [2.75, 3.05) is 26.2 Å². The second kappa shape index (κ2) is 9.72. The SMILES string of the molecule is COC(=O)NC1(c2ccccc2Cl)C(=O)N(c2ccc(C(=O)OC)c(C)c2OC)c2ccc(Cl)cc21. The molecule has 1 aliphatic rings. The average Bonchev–Trinajstić information content (AvgIpc) is 3.10. The van der Waals surface area contributed by atoms with Gasteiger partial charge in [-0.2, -0.15) is 0 Å². The maximum absolute atomic E-state index is 14.5. The zero-order valence-electron chi connectivity index (χ0n) is 19.8. The Kier molecular flexibility index (Phi) is 6.84. The van der Waals surface area contributed by atoms with Gasteiger partial charge in [0.2, 0.25) is 0 Å². The lowest BCUT2D eigenvalue weighted by Crippen LogP contribution is -2.53. The first kappa shape index (κ1) is 25.3. The van der Waals surface area contributed by atoms with Crippen LogP contribution in [0.15, 0.2) is 54.6 Å². The van der Waals surface area contributed by atoms with Gasteiger partial charge in [0.05, 0.1) is 38.3 Å². The molecule has 1 N–H and O–H groups in total. The van der Waals surface area contributed by atoms with Crippen molar-refractivity contribution in [1.82, 2.24) is 5.32 Å². The summed E-state index contributed by atoms with van der Waals surface area (Å²) in [7, 11) is 3.91. The van der Waals surface area contributed by atoms with Crippen LogP contribution in [0.5, 0.6) is 5.75 Å². The number of alkyl carbamates (subject to hydrolysis) is 1. The van der Waals surface area contributed by atoms with Crippen molar-refractivity contribution in [3.8, 4) is 5.75 Å². The highest BCUT2D eigenvalue weighted by atomic mass is 35.5. The zero-order chi connectivity index (χ0) is 26.2. The van der Waals surface area contributed by atoms with Gasteiger partial charge in [-0.25, -0.2) is 9.59 Å². The van der Waals surface area contributed by atoms with Gasteiger partial charge in [-0.05, 0) is 43.3 Å². The highest BCUT2D eigenvalue weighted by Crippen LogP contribution is 2.52. The lowest BCUT2D eigenvalue weighted by molar-refractivity contribution is -0.122. The summed E-state index contributed by atoms with van der Waals surface area (Å²) in [6.45, 7) is 1.69. The first-order valence-corrected chi connectivity index (χ1v) is 11.5. The molecular formula is C26H22Cl2N2O6. The maximum Gasteiger partial charge on any atom is 0.408 e. The van der Waals surface area contributed by atoms with Gasteiger partial charge in [-0.1, -0.05) is 41.4 Å². The van der Waals surface area contributed by atoms with E-state index in [4.69, 9.17) is 37.4 Å². The highest BCUT2D eigenvalue weighted by molar-refractivity contribution is 6.33. The minimum absolute atomic E-state index is 0.249. The lowest BCUT2D eigenvalue weighted by Gasteiger charge is -2.31. The molecule has 0 saturated carbocycles. The summed E-state index contributed by atoms with van der Waals surface area (Å²) in [4.78, 5) is 40.7. The molecule has 1 unspecified atom stereocenters. The predicted octanol–water partition coefficient (Wildman–Crippen LogP) is 5.37. The summed E-state index contributed by atoms with van der Waals surface area (Å²) in [5.74, 6) is -0.822. The van der Waals surface area contributed by atoms with Crippen molar-refractivity contribution >= 4 is 52.5 Å². The van der Waals surface area contributed by atoms with E-state index >= 15 is 0 Å². The van der Waals surface area contributed by atoms with Crippen molar-refractivity contribution < 1.29 is 28.6 Å². The van der Waals surface area contributed by atoms with E-state index in [1.807, 2.05) is 0 Å². The second-order valence-electron chi connectivity index (χ2n) is 7.93. The smallest absolute Gasteiger partial charge is 0.408 e. The number of hydrogen-bond donors (Lipinski definition) is 1. The molecule has 0 aromatic heterocycles. The molecular weight excluding hydrogens is 507 g/mol. The Morgan fingerprint density at radius 3 is 2.25 bits per heavy atom. The molecule has 186 valence electrons. The van der Waals surface area contributed by atoms with E-state index in [-0.39, 0.29) is 16.3 Å². The number of halogens is 2. The third-order valence-corrected chi connectivity index (χ3v) is 6.68. The Hall–Kier alpha value is -3.75. The van der Waals surface area contributed by atoms with Gasteiger partial charge in [0.1, 0.15) is 5.75 Å². The number of methoxy groups -OCH3 is 3. The summed E-state index contributed by atoms with van der Waals surface area (Å²) in [6, 6.07) is 14.7. The Balaban J connectivity index is 2.05. The van der Waals surface area contributed by atoms with Gasteiger partial charge >= 0.3 is 12.1 Å². The first-order valence-electron chi connectivity index (χ1n) is 10.7. The largest absolute Gasteiger partial charge is 0.494 e. The molecule has 4 rings (SSSR count). The van der Waals surface area contributed by atoms with Gasteiger partial charge in [-0.3, -0.25) is 15.0 Å². The molecule has 10 heteroatoms. The van der Waals surface area contributed by atoms with Gasteiger partial charge < -0.3 is 14.2 Å². The topological polar surface area (TPSA) is 94.2 Å². The fraction of sp³-hybridized carbons (Fsp3) is 0.192. The lowest BCUT2D eigenvalue weighted by atomic mass is 9.83. The molecule has 0 bridgehead atoms. The second-order valence-corrected chi connectivity index (χ2v) is 8.77. The molecule has 0 aliphatic carbocycles. The molecule has 36 heavy (non-hydrogen) atoms. The van der Waals surface area contributed by atoms with E-state index in [0.717, 1.165) is 0 Å². The summed E-state index contributed by atoms with van der Waals surface area (Å²) in [6.07, 6.45) is -0.847. The summed E-state index contributed by atoms with van der Waals surface area (Å²) in [5.41, 5.74) is 0.477. The zero-order valence-corrected chi connectivity index (χ0v) is 21.4. The van der Waals surface area contributed by atoms with Crippen LogP contribution in [0.4, 0.5) is 16.2 Å². The fourth-order valence-corrected chi connectivity index (χ4v) is 4.94. The normalized spacial score (nSPS) is 16.4. The third kappa shape index (κ3) is 3.83. The van der Waals surface area contributed by atoms with Crippen molar-refractivity contribution in [3.63, 3.8) is 0 Å². The monoisotopic (exact) mass is 528 g/mol. The van der Waals surface area contributed by atoms with E-state index in [9.17, 15) is 14.4 Å². The van der Waals surface area contributed by atoms with Gasteiger partial charge in [0.25, 0.3) is 5.91 Å². The Morgan fingerprint density at radius 1 is 0.917 bits per heavy atom. The van der Waals surface area contributed by atoms with Gasteiger partial charge in [-0.15, -0.1) is 0 Å². The minimum Gasteiger partial charge on any atom is -0.494 e. The van der Waals surface area contributed by atoms with Crippen LogP contribution in [0.25, 0.3) is 0 Å². The maximum atomic E-state index is 14.5. The molecule has 8 nitrogen and oxygen atoms in total. The number of esters is 1. The van der Waals surface area contributed by atoms with E-state index in [2.05, 4.69) is 5.32 Å². The van der Waals surface area contributed by atoms with Gasteiger partial charge in [0, 0.05) is 26.7 Å². The number of fused-ring (bicyclic) bond motifs is 1. The van der Waals surface area contributed by atoms with Crippen LogP contribution < -0.4 is 15.0 Å². The molecule has 0 radical (unpaired) electrons.